The summed E-state index contributed by atoms with van der Waals surface area (Å²) in [6.45, 7) is 1.78. The van der Waals surface area contributed by atoms with Crippen LogP contribution in [0.25, 0.3) is 0 Å². The minimum Gasteiger partial charge on any atom is -0.481 e. The van der Waals surface area contributed by atoms with Crippen molar-refractivity contribution in [2.45, 2.75) is 6.92 Å². The lowest BCUT2D eigenvalue weighted by Crippen LogP contribution is -2.18. The molecule has 0 aliphatic heterocycles. The molecule has 0 radical (unpaired) electrons. The molecule has 0 unspecified atom stereocenters. The maximum absolute atomic E-state index is 11.7. The van der Waals surface area contributed by atoms with Crippen molar-refractivity contribution in [3.8, 4) is 11.5 Å². The first-order valence-corrected chi connectivity index (χ1v) is 7.07. The summed E-state index contributed by atoms with van der Waals surface area (Å²) >= 11 is 9.28. The number of ether oxygens (including phenoxy) is 2. The second kappa shape index (κ2) is 6.77. The second-order valence-corrected chi connectivity index (χ2v) is 5.39. The largest absolute Gasteiger partial charge is 0.481 e. The number of halogens is 2. The third-order valence-electron chi connectivity index (χ3n) is 2.49. The lowest BCUT2D eigenvalue weighted by molar-refractivity contribution is -0.136. The lowest BCUT2D eigenvalue weighted by Gasteiger charge is -2.09. The van der Waals surface area contributed by atoms with Gasteiger partial charge in [-0.1, -0.05) is 29.8 Å². The number of esters is 1. The van der Waals surface area contributed by atoms with Gasteiger partial charge in [-0.2, -0.15) is 0 Å². The molecule has 0 fully saturated rings. The molecule has 0 bridgehead atoms. The van der Waals surface area contributed by atoms with Crippen molar-refractivity contribution in [3.05, 3.63) is 57.5 Å². The van der Waals surface area contributed by atoms with E-state index in [9.17, 15) is 4.79 Å². The highest BCUT2D eigenvalue weighted by Gasteiger charge is 2.10. The molecule has 5 heteroatoms. The smallest absolute Gasteiger partial charge is 0.349 e. The fourth-order valence-corrected chi connectivity index (χ4v) is 2.32. The summed E-state index contributed by atoms with van der Waals surface area (Å²) in [5, 5.41) is 0.386. The number of aryl methyl sites for hydroxylation is 1. The highest BCUT2D eigenvalue weighted by atomic mass is 79.9. The van der Waals surface area contributed by atoms with Crippen molar-refractivity contribution >= 4 is 33.5 Å². The van der Waals surface area contributed by atoms with E-state index in [-0.39, 0.29) is 6.61 Å². The van der Waals surface area contributed by atoms with E-state index in [2.05, 4.69) is 15.9 Å². The van der Waals surface area contributed by atoms with Crippen molar-refractivity contribution in [1.82, 2.24) is 0 Å². The van der Waals surface area contributed by atoms with Crippen LogP contribution < -0.4 is 9.47 Å². The van der Waals surface area contributed by atoms with Crippen LogP contribution >= 0.6 is 27.5 Å². The van der Waals surface area contributed by atoms with Crippen LogP contribution in [0.3, 0.4) is 0 Å². The van der Waals surface area contributed by atoms with E-state index in [0.29, 0.717) is 16.5 Å². The van der Waals surface area contributed by atoms with E-state index < -0.39 is 5.97 Å². The lowest BCUT2D eigenvalue weighted by atomic mass is 10.2. The molecule has 0 N–H and O–H groups in total. The third kappa shape index (κ3) is 3.99. The molecule has 2 aromatic carbocycles. The van der Waals surface area contributed by atoms with E-state index in [1.807, 2.05) is 19.1 Å². The van der Waals surface area contributed by atoms with Gasteiger partial charge in [0.15, 0.2) is 6.61 Å². The van der Waals surface area contributed by atoms with Gasteiger partial charge in [0.1, 0.15) is 11.5 Å². The Kier molecular flexibility index (Phi) is 5.04. The predicted molar refractivity (Wildman–Crippen MR) is 81.5 cm³/mol. The quantitative estimate of drug-likeness (QED) is 0.602. The highest BCUT2D eigenvalue weighted by Crippen LogP contribution is 2.26. The fourth-order valence-electron chi connectivity index (χ4n) is 1.54. The maximum atomic E-state index is 11.7. The van der Waals surface area contributed by atoms with Gasteiger partial charge < -0.3 is 9.47 Å². The number of hydrogen-bond acceptors (Lipinski definition) is 3. The van der Waals surface area contributed by atoms with Crippen LogP contribution in [-0.4, -0.2) is 12.6 Å². The van der Waals surface area contributed by atoms with E-state index in [1.54, 1.807) is 30.3 Å². The molecule has 104 valence electrons. The number of rotatable bonds is 4. The standard InChI is InChI=1S/C15H12BrClO3/c1-10-6-7-13(11(16)8-10)19-9-15(18)20-14-5-3-2-4-12(14)17/h2-8H,9H2,1H3. The van der Waals surface area contributed by atoms with Gasteiger partial charge in [-0.15, -0.1) is 0 Å². The Morgan fingerprint density at radius 1 is 1.20 bits per heavy atom. The molecule has 3 nitrogen and oxygen atoms in total. The van der Waals surface area contributed by atoms with Gasteiger partial charge in [-0.05, 0) is 52.7 Å². The van der Waals surface area contributed by atoms with E-state index >= 15 is 0 Å². The Balaban J connectivity index is 1.94. The summed E-state index contributed by atoms with van der Waals surface area (Å²) in [7, 11) is 0. The van der Waals surface area contributed by atoms with Crippen LogP contribution in [0.2, 0.25) is 5.02 Å². The molecule has 0 saturated carbocycles. The Hall–Kier alpha value is -1.52. The van der Waals surface area contributed by atoms with Crippen LogP contribution in [-0.2, 0) is 4.79 Å². The van der Waals surface area contributed by atoms with Crippen LogP contribution in [0.1, 0.15) is 5.56 Å². The number of para-hydroxylation sites is 1. The molecule has 20 heavy (non-hydrogen) atoms. The SMILES string of the molecule is Cc1ccc(OCC(=O)Oc2ccccc2Cl)c(Br)c1. The number of hydrogen-bond donors (Lipinski definition) is 0. The van der Waals surface area contributed by atoms with Crippen LogP contribution in [0, 0.1) is 6.92 Å². The minimum absolute atomic E-state index is 0.188. The zero-order valence-electron chi connectivity index (χ0n) is 10.7. The normalized spacial score (nSPS) is 10.2. The molecular formula is C15H12BrClO3. The molecule has 0 spiro atoms. The van der Waals surface area contributed by atoms with Crippen molar-refractivity contribution in [1.29, 1.82) is 0 Å². The summed E-state index contributed by atoms with van der Waals surface area (Å²) in [5.41, 5.74) is 1.10. The Morgan fingerprint density at radius 3 is 2.65 bits per heavy atom. The average Bonchev–Trinajstić information content (AvgIpc) is 2.40. The van der Waals surface area contributed by atoms with E-state index in [0.717, 1.165) is 10.0 Å². The second-order valence-electron chi connectivity index (χ2n) is 4.13. The topological polar surface area (TPSA) is 35.5 Å². The van der Waals surface area contributed by atoms with Gasteiger partial charge in [0, 0.05) is 0 Å². The molecule has 2 rings (SSSR count). The van der Waals surface area contributed by atoms with Crippen molar-refractivity contribution in [3.63, 3.8) is 0 Å². The van der Waals surface area contributed by atoms with Crippen LogP contribution in [0.15, 0.2) is 46.9 Å². The molecule has 0 heterocycles. The van der Waals surface area contributed by atoms with E-state index in [1.165, 1.54) is 0 Å². The number of carbonyl (C=O) groups is 1. The summed E-state index contributed by atoms with van der Waals surface area (Å²) in [6, 6.07) is 12.4. The number of carbonyl (C=O) groups excluding carboxylic acids is 1. The zero-order valence-corrected chi connectivity index (χ0v) is 13.1. The summed E-state index contributed by atoms with van der Waals surface area (Å²) in [4.78, 5) is 11.7. The van der Waals surface area contributed by atoms with E-state index in [4.69, 9.17) is 21.1 Å². The highest BCUT2D eigenvalue weighted by molar-refractivity contribution is 9.10. The molecule has 2 aromatic rings. The Labute approximate surface area is 130 Å². The first kappa shape index (κ1) is 14.9. The van der Waals surface area contributed by atoms with Crippen LogP contribution in [0.4, 0.5) is 0 Å². The summed E-state index contributed by atoms with van der Waals surface area (Å²) < 4.78 is 11.3. The first-order valence-electron chi connectivity index (χ1n) is 5.90. The molecule has 0 aliphatic rings. The molecular weight excluding hydrogens is 344 g/mol. The summed E-state index contributed by atoms with van der Waals surface area (Å²) in [5.74, 6) is 0.406. The van der Waals surface area contributed by atoms with Crippen molar-refractivity contribution < 1.29 is 14.3 Å². The predicted octanol–water partition coefficient (Wildman–Crippen LogP) is 4.40. The Morgan fingerprint density at radius 2 is 1.95 bits per heavy atom. The third-order valence-corrected chi connectivity index (χ3v) is 3.43. The van der Waals surface area contributed by atoms with Gasteiger partial charge in [-0.25, -0.2) is 4.79 Å². The molecule has 0 aromatic heterocycles. The zero-order chi connectivity index (χ0) is 14.5. The molecule has 0 atom stereocenters. The molecule has 0 saturated heterocycles. The van der Waals surface area contributed by atoms with Gasteiger partial charge in [0.05, 0.1) is 9.50 Å². The van der Waals surface area contributed by atoms with Crippen molar-refractivity contribution in [2.24, 2.45) is 0 Å². The first-order chi connectivity index (χ1) is 9.56. The van der Waals surface area contributed by atoms with Gasteiger partial charge >= 0.3 is 5.97 Å². The Bertz CT molecular complexity index is 628. The molecule has 0 aliphatic carbocycles. The fraction of sp³-hybridized carbons (Fsp3) is 0.133. The number of benzene rings is 2. The minimum atomic E-state index is -0.509. The monoisotopic (exact) mass is 354 g/mol. The average molecular weight is 356 g/mol. The van der Waals surface area contributed by atoms with Gasteiger partial charge in [-0.3, -0.25) is 0 Å². The van der Waals surface area contributed by atoms with Gasteiger partial charge in [0.25, 0.3) is 0 Å². The summed E-state index contributed by atoms with van der Waals surface area (Å²) in [6.07, 6.45) is 0. The van der Waals surface area contributed by atoms with Gasteiger partial charge in [0.2, 0.25) is 0 Å². The van der Waals surface area contributed by atoms with Crippen LogP contribution in [0.5, 0.6) is 11.5 Å². The van der Waals surface area contributed by atoms with Crippen molar-refractivity contribution in [2.75, 3.05) is 6.61 Å². The molecule has 0 amide bonds. The maximum Gasteiger partial charge on any atom is 0.349 e.